The number of hydrogen-bond donors (Lipinski definition) is 0. The van der Waals surface area contributed by atoms with Gasteiger partial charge in [-0.15, -0.1) is 0 Å². The molecule has 3 aromatic rings. The van der Waals surface area contributed by atoms with Crippen molar-refractivity contribution in [3.8, 4) is 22.3 Å². The molecule has 3 aromatic carbocycles. The molecule has 0 spiro atoms. The fraction of sp³-hybridized carbons (Fsp3) is 0.455. The quantitative estimate of drug-likeness (QED) is 0.136. The summed E-state index contributed by atoms with van der Waals surface area (Å²) in [5, 5.41) is 2.24. The number of rotatable bonds is 13. The van der Waals surface area contributed by atoms with E-state index in [4.69, 9.17) is 0 Å². The van der Waals surface area contributed by atoms with E-state index in [1.807, 2.05) is 0 Å². The molecular formula is C33H40Br2. The van der Waals surface area contributed by atoms with Crippen LogP contribution in [0.1, 0.15) is 86.5 Å². The molecule has 0 unspecified atom stereocenters. The zero-order chi connectivity index (χ0) is 24.7. The molecule has 0 fully saturated rings. The van der Waals surface area contributed by atoms with Crippen LogP contribution in [-0.4, -0.2) is 10.7 Å². The van der Waals surface area contributed by atoms with Crippen LogP contribution in [0.15, 0.2) is 60.7 Å². The van der Waals surface area contributed by atoms with Gasteiger partial charge in [-0.1, -0.05) is 136 Å². The first-order valence-corrected chi connectivity index (χ1v) is 15.8. The molecule has 0 radical (unpaired) electrons. The van der Waals surface area contributed by atoms with Crippen molar-refractivity contribution >= 4 is 31.9 Å². The van der Waals surface area contributed by atoms with E-state index in [2.05, 4.69) is 106 Å². The van der Waals surface area contributed by atoms with Gasteiger partial charge < -0.3 is 0 Å². The predicted molar refractivity (Wildman–Crippen MR) is 161 cm³/mol. The van der Waals surface area contributed by atoms with Crippen LogP contribution in [0.3, 0.4) is 0 Å². The molecule has 0 saturated carbocycles. The van der Waals surface area contributed by atoms with Crippen molar-refractivity contribution in [2.75, 3.05) is 10.7 Å². The molecule has 0 atom stereocenters. The molecule has 0 amide bonds. The van der Waals surface area contributed by atoms with Gasteiger partial charge in [-0.3, -0.25) is 0 Å². The Balaban J connectivity index is 1.76. The minimum Gasteiger partial charge on any atom is -0.0928 e. The number of benzene rings is 3. The van der Waals surface area contributed by atoms with Gasteiger partial charge in [0.15, 0.2) is 0 Å². The summed E-state index contributed by atoms with van der Waals surface area (Å²) in [6.45, 7) is 4.46. The van der Waals surface area contributed by atoms with Crippen LogP contribution in [0.25, 0.3) is 22.3 Å². The molecule has 0 bridgehead atoms. The largest absolute Gasteiger partial charge is 0.0928 e. The maximum Gasteiger partial charge on any atom is 0.0215 e. The monoisotopic (exact) mass is 594 g/mol. The molecule has 0 N–H and O–H groups in total. The molecule has 35 heavy (non-hydrogen) atoms. The van der Waals surface area contributed by atoms with Crippen LogP contribution in [0.2, 0.25) is 0 Å². The summed E-state index contributed by atoms with van der Waals surface area (Å²) < 4.78 is 0. The molecule has 186 valence electrons. The van der Waals surface area contributed by atoms with Gasteiger partial charge in [0.05, 0.1) is 0 Å². The van der Waals surface area contributed by atoms with E-state index < -0.39 is 0 Å². The Kier molecular flexibility index (Phi) is 9.70. The summed E-state index contributed by atoms with van der Waals surface area (Å²) in [7, 11) is 0. The second kappa shape index (κ2) is 12.7. The molecule has 2 heteroatoms. The highest BCUT2D eigenvalue weighted by molar-refractivity contribution is 9.09. The van der Waals surface area contributed by atoms with Crippen LogP contribution in [0.4, 0.5) is 0 Å². The highest BCUT2D eigenvalue weighted by Crippen LogP contribution is 2.55. The lowest BCUT2D eigenvalue weighted by Crippen LogP contribution is -2.25. The minimum atomic E-state index is 0.138. The number of hydrogen-bond acceptors (Lipinski definition) is 0. The number of alkyl halides is 2. The first-order valence-electron chi connectivity index (χ1n) is 13.5. The lowest BCUT2D eigenvalue weighted by molar-refractivity contribution is 0.401. The summed E-state index contributed by atoms with van der Waals surface area (Å²) >= 11 is 7.23. The van der Waals surface area contributed by atoms with Crippen LogP contribution in [-0.2, 0) is 5.41 Å². The van der Waals surface area contributed by atoms with Crippen molar-refractivity contribution in [2.45, 2.75) is 83.5 Å². The Labute approximate surface area is 230 Å². The Hall–Kier alpha value is -1.38. The summed E-state index contributed by atoms with van der Waals surface area (Å²) in [6, 6.07) is 23.5. The van der Waals surface area contributed by atoms with Gasteiger partial charge in [0.2, 0.25) is 0 Å². The zero-order valence-electron chi connectivity index (χ0n) is 21.5. The third kappa shape index (κ3) is 6.13. The molecule has 0 aromatic heterocycles. The predicted octanol–water partition coefficient (Wildman–Crippen LogP) is 10.9. The van der Waals surface area contributed by atoms with Gasteiger partial charge in [-0.2, -0.15) is 0 Å². The van der Waals surface area contributed by atoms with Crippen LogP contribution in [0, 0.1) is 13.8 Å². The molecular weight excluding hydrogens is 556 g/mol. The van der Waals surface area contributed by atoms with Gasteiger partial charge >= 0.3 is 0 Å². The number of aryl methyl sites for hydroxylation is 2. The third-order valence-corrected chi connectivity index (χ3v) is 8.96. The number of fused-ring (bicyclic) bond motifs is 3. The molecule has 0 aliphatic heterocycles. The Morgan fingerprint density at radius 1 is 0.543 bits per heavy atom. The average Bonchev–Trinajstić information content (AvgIpc) is 3.12. The van der Waals surface area contributed by atoms with E-state index in [-0.39, 0.29) is 5.41 Å². The standard InChI is InChI=1S/C33H40Br2/c1-25-12-11-13-27(22-25)28-15-17-30-29-16-14-26(2)23-31(29)33(32(30)24-28,18-7-3-5-9-20-34)19-8-4-6-10-21-35/h11-17,22-24H,3-10,18-21H2,1-2H3. The zero-order valence-corrected chi connectivity index (χ0v) is 24.7. The van der Waals surface area contributed by atoms with Gasteiger partial charge in [0.25, 0.3) is 0 Å². The van der Waals surface area contributed by atoms with Gasteiger partial charge in [0, 0.05) is 16.1 Å². The third-order valence-electron chi connectivity index (χ3n) is 7.84. The minimum absolute atomic E-state index is 0.138. The van der Waals surface area contributed by atoms with E-state index in [9.17, 15) is 0 Å². The lowest BCUT2D eigenvalue weighted by atomic mass is 9.70. The van der Waals surface area contributed by atoms with Crippen LogP contribution in [0.5, 0.6) is 0 Å². The molecule has 0 nitrogen and oxygen atoms in total. The van der Waals surface area contributed by atoms with Crippen molar-refractivity contribution in [1.29, 1.82) is 0 Å². The Morgan fingerprint density at radius 2 is 1.09 bits per heavy atom. The Morgan fingerprint density at radius 3 is 1.71 bits per heavy atom. The molecule has 0 saturated heterocycles. The summed E-state index contributed by atoms with van der Waals surface area (Å²) in [5.41, 5.74) is 11.7. The highest BCUT2D eigenvalue weighted by atomic mass is 79.9. The van der Waals surface area contributed by atoms with E-state index in [1.165, 1.54) is 97.6 Å². The van der Waals surface area contributed by atoms with Gasteiger partial charge in [-0.25, -0.2) is 0 Å². The van der Waals surface area contributed by atoms with Crippen molar-refractivity contribution in [1.82, 2.24) is 0 Å². The Bertz CT molecular complexity index is 1100. The number of halogens is 2. The SMILES string of the molecule is Cc1cccc(-c2ccc3c(c2)C(CCCCCCBr)(CCCCCCBr)c2cc(C)ccc2-3)c1. The molecule has 1 aliphatic carbocycles. The van der Waals surface area contributed by atoms with Gasteiger partial charge in [-0.05, 0) is 79.0 Å². The lowest BCUT2D eigenvalue weighted by Gasteiger charge is -2.33. The molecule has 0 heterocycles. The van der Waals surface area contributed by atoms with E-state index in [1.54, 1.807) is 11.1 Å². The first kappa shape index (κ1) is 26.7. The fourth-order valence-electron chi connectivity index (χ4n) is 6.03. The first-order chi connectivity index (χ1) is 17.1. The second-order valence-corrected chi connectivity index (χ2v) is 12.1. The summed E-state index contributed by atoms with van der Waals surface area (Å²) in [4.78, 5) is 0. The fourth-order valence-corrected chi connectivity index (χ4v) is 6.82. The summed E-state index contributed by atoms with van der Waals surface area (Å²) in [5.74, 6) is 0. The van der Waals surface area contributed by atoms with Gasteiger partial charge in [0.1, 0.15) is 0 Å². The van der Waals surface area contributed by atoms with E-state index >= 15 is 0 Å². The maximum absolute atomic E-state index is 3.62. The second-order valence-electron chi connectivity index (χ2n) is 10.5. The van der Waals surface area contributed by atoms with Crippen LogP contribution < -0.4 is 0 Å². The van der Waals surface area contributed by atoms with Crippen molar-refractivity contribution in [3.05, 3.63) is 82.9 Å². The van der Waals surface area contributed by atoms with E-state index in [0.717, 1.165) is 10.7 Å². The van der Waals surface area contributed by atoms with Crippen molar-refractivity contribution in [3.63, 3.8) is 0 Å². The molecule has 4 rings (SSSR count). The number of unbranched alkanes of at least 4 members (excludes halogenated alkanes) is 6. The van der Waals surface area contributed by atoms with Crippen LogP contribution >= 0.6 is 31.9 Å². The maximum atomic E-state index is 3.62. The smallest absolute Gasteiger partial charge is 0.0215 e. The topological polar surface area (TPSA) is 0 Å². The summed E-state index contributed by atoms with van der Waals surface area (Å²) in [6.07, 6.45) is 13.0. The van der Waals surface area contributed by atoms with E-state index in [0.29, 0.717) is 0 Å². The highest BCUT2D eigenvalue weighted by Gasteiger charge is 2.42. The normalized spacial score (nSPS) is 13.6. The molecule has 1 aliphatic rings. The average molecular weight is 596 g/mol. The van der Waals surface area contributed by atoms with Crippen molar-refractivity contribution in [2.24, 2.45) is 0 Å². The van der Waals surface area contributed by atoms with Crippen molar-refractivity contribution < 1.29 is 0 Å².